The highest BCUT2D eigenvalue weighted by Gasteiger charge is 2.05. The Balaban J connectivity index is 0.901. The predicted octanol–water partition coefficient (Wildman–Crippen LogP) is 14.2. The number of fused-ring (bicyclic) bond motifs is 6. The Hall–Kier alpha value is -7.38. The van der Waals surface area contributed by atoms with Gasteiger partial charge in [-0.15, -0.1) is 0 Å². The zero-order valence-electron chi connectivity index (χ0n) is 31.3. The Morgan fingerprint density at radius 1 is 0.250 bits per heavy atom. The molecule has 260 valence electrons. The molecule has 10 aromatic rings. The van der Waals surface area contributed by atoms with Gasteiger partial charge in [-0.2, -0.15) is 0 Å². The summed E-state index contributed by atoms with van der Waals surface area (Å²) in [6.07, 6.45) is 4.44. The first-order chi connectivity index (χ1) is 27.4. The summed E-state index contributed by atoms with van der Waals surface area (Å²) < 4.78 is 0. The molecule has 0 aliphatic carbocycles. The second-order valence-corrected chi connectivity index (χ2v) is 15.0. The normalized spacial score (nSPS) is 11.4. The highest BCUT2D eigenvalue weighted by Crippen LogP contribution is 2.31. The van der Waals surface area contributed by atoms with Crippen molar-refractivity contribution in [2.45, 2.75) is 13.8 Å². The Labute approximate surface area is 327 Å². The first-order valence-electron chi connectivity index (χ1n) is 19.1. The largest absolute Gasteiger partial charge is 0.0617 e. The molecule has 0 spiro atoms. The van der Waals surface area contributed by atoms with E-state index in [2.05, 4.69) is 220 Å². The monoisotopic (exact) mass is 708 g/mol. The van der Waals surface area contributed by atoms with Crippen molar-refractivity contribution in [2.24, 2.45) is 0 Å². The molecule has 0 aromatic heterocycles. The van der Waals surface area contributed by atoms with Crippen LogP contribution in [-0.2, 0) is 0 Å². The topological polar surface area (TPSA) is 0 Å². The summed E-state index contributed by atoms with van der Waals surface area (Å²) in [5.41, 5.74) is 8.97. The minimum absolute atomic E-state index is 1.03. The summed E-state index contributed by atoms with van der Waals surface area (Å²) in [6.45, 7) is 4.19. The van der Waals surface area contributed by atoms with Crippen molar-refractivity contribution in [3.05, 3.63) is 214 Å². The lowest BCUT2D eigenvalue weighted by atomic mass is 9.97. The third-order valence-electron chi connectivity index (χ3n) is 10.8. The molecule has 0 amide bonds. The van der Waals surface area contributed by atoms with Crippen molar-refractivity contribution < 1.29 is 0 Å². The molecule has 10 rings (SSSR count). The highest BCUT2D eigenvalue weighted by atomic mass is 14.1. The van der Waals surface area contributed by atoms with Crippen molar-refractivity contribution in [1.29, 1.82) is 0 Å². The standard InChI is InChI=1S/C56H36/c1-37-3-7-39(8-4-37)11-13-41-17-21-45-29-55-35-51-27-43(19-23-47(51)31-53(55)33-49(45)25-41)15-16-44-20-24-48-32-54-34-50-26-42(14-12-40-9-5-38(2)6-10-40)18-22-46(50)30-56(54)36-52(48)28-44/h3-10,15-36H,1-2H3/b16-15+. The van der Waals surface area contributed by atoms with Crippen molar-refractivity contribution in [3.63, 3.8) is 0 Å². The second kappa shape index (κ2) is 13.8. The van der Waals surface area contributed by atoms with Crippen LogP contribution in [0, 0.1) is 37.5 Å². The van der Waals surface area contributed by atoms with Gasteiger partial charge in [0.15, 0.2) is 0 Å². The molecule has 0 aliphatic heterocycles. The van der Waals surface area contributed by atoms with E-state index < -0.39 is 0 Å². The van der Waals surface area contributed by atoms with Crippen LogP contribution >= 0.6 is 0 Å². The maximum Gasteiger partial charge on any atom is 0.0255 e. The van der Waals surface area contributed by atoms with E-state index in [0.717, 1.165) is 22.3 Å². The highest BCUT2D eigenvalue weighted by molar-refractivity contribution is 6.07. The zero-order chi connectivity index (χ0) is 37.6. The maximum atomic E-state index is 3.35. The molecule has 0 atom stereocenters. The van der Waals surface area contributed by atoms with Gasteiger partial charge in [-0.1, -0.05) is 108 Å². The summed E-state index contributed by atoms with van der Waals surface area (Å²) in [4.78, 5) is 0. The molecule has 0 heteroatoms. The fraction of sp³-hybridized carbons (Fsp3) is 0.0357. The molecule has 0 heterocycles. The van der Waals surface area contributed by atoms with Crippen molar-refractivity contribution in [2.75, 3.05) is 0 Å². The van der Waals surface area contributed by atoms with Crippen molar-refractivity contribution in [1.82, 2.24) is 0 Å². The first-order valence-corrected chi connectivity index (χ1v) is 19.1. The minimum atomic E-state index is 1.03. The minimum Gasteiger partial charge on any atom is -0.0617 e. The van der Waals surface area contributed by atoms with Gasteiger partial charge in [0, 0.05) is 22.3 Å². The van der Waals surface area contributed by atoms with Crippen molar-refractivity contribution in [3.8, 4) is 23.7 Å². The molecular formula is C56H36. The fourth-order valence-corrected chi connectivity index (χ4v) is 7.65. The van der Waals surface area contributed by atoms with Gasteiger partial charge < -0.3 is 0 Å². The average molecular weight is 709 g/mol. The Bertz CT molecular complexity index is 3120. The van der Waals surface area contributed by atoms with Gasteiger partial charge in [-0.05, 0) is 199 Å². The van der Waals surface area contributed by atoms with Gasteiger partial charge in [0.25, 0.3) is 0 Å². The lowest BCUT2D eigenvalue weighted by molar-refractivity contribution is 1.46. The predicted molar refractivity (Wildman–Crippen MR) is 241 cm³/mol. The van der Waals surface area contributed by atoms with Crippen LogP contribution in [0.1, 0.15) is 44.5 Å². The molecule has 0 bridgehead atoms. The molecule has 10 aromatic carbocycles. The number of benzene rings is 10. The van der Waals surface area contributed by atoms with Crippen LogP contribution in [0.15, 0.2) is 170 Å². The molecule has 0 saturated carbocycles. The van der Waals surface area contributed by atoms with Crippen LogP contribution < -0.4 is 0 Å². The van der Waals surface area contributed by atoms with E-state index in [-0.39, 0.29) is 0 Å². The van der Waals surface area contributed by atoms with Crippen LogP contribution in [0.2, 0.25) is 0 Å². The number of aryl methyl sites for hydroxylation is 2. The molecule has 0 aliphatic rings. The van der Waals surface area contributed by atoms with E-state index in [1.165, 1.54) is 86.9 Å². The van der Waals surface area contributed by atoms with Gasteiger partial charge in [0.2, 0.25) is 0 Å². The van der Waals surface area contributed by atoms with Crippen molar-refractivity contribution >= 4 is 76.8 Å². The molecular weight excluding hydrogens is 673 g/mol. The second-order valence-electron chi connectivity index (χ2n) is 15.0. The Morgan fingerprint density at radius 2 is 0.518 bits per heavy atom. The van der Waals surface area contributed by atoms with E-state index >= 15 is 0 Å². The van der Waals surface area contributed by atoms with E-state index in [1.54, 1.807) is 0 Å². The molecule has 0 unspecified atom stereocenters. The fourth-order valence-electron chi connectivity index (χ4n) is 7.65. The van der Waals surface area contributed by atoms with E-state index in [0.29, 0.717) is 0 Å². The smallest absolute Gasteiger partial charge is 0.0255 e. The summed E-state index contributed by atoms with van der Waals surface area (Å²) in [7, 11) is 0. The summed E-state index contributed by atoms with van der Waals surface area (Å²) in [5.74, 6) is 13.3. The molecule has 0 fully saturated rings. The molecule has 0 radical (unpaired) electrons. The van der Waals surface area contributed by atoms with Crippen LogP contribution in [0.5, 0.6) is 0 Å². The lowest BCUT2D eigenvalue weighted by Crippen LogP contribution is -1.83. The summed E-state index contributed by atoms with van der Waals surface area (Å²) >= 11 is 0. The summed E-state index contributed by atoms with van der Waals surface area (Å²) in [5, 5.41) is 14.8. The SMILES string of the molecule is Cc1ccc(C#Cc2ccc3cc4cc5cc(/C=C/c6ccc7cc8cc9cc(C#Cc%10ccc(C)cc%10)ccc9cc8cc7c6)ccc5cc4cc3c2)cc1. The van der Waals surface area contributed by atoms with Gasteiger partial charge in [0.05, 0.1) is 0 Å². The molecule has 56 heavy (non-hydrogen) atoms. The summed E-state index contributed by atoms with van der Waals surface area (Å²) in [6, 6.07) is 61.6. The average Bonchev–Trinajstić information content (AvgIpc) is 3.22. The first kappa shape index (κ1) is 33.2. The van der Waals surface area contributed by atoms with Gasteiger partial charge in [0.1, 0.15) is 0 Å². The quantitative estimate of drug-likeness (QED) is 0.0953. The van der Waals surface area contributed by atoms with Crippen LogP contribution in [0.4, 0.5) is 0 Å². The molecule has 0 N–H and O–H groups in total. The Morgan fingerprint density at radius 3 is 0.893 bits per heavy atom. The lowest BCUT2D eigenvalue weighted by Gasteiger charge is -2.07. The van der Waals surface area contributed by atoms with Crippen LogP contribution in [0.25, 0.3) is 76.8 Å². The van der Waals surface area contributed by atoms with Gasteiger partial charge in [-0.3, -0.25) is 0 Å². The zero-order valence-corrected chi connectivity index (χ0v) is 31.3. The third-order valence-corrected chi connectivity index (χ3v) is 10.8. The van der Waals surface area contributed by atoms with Crippen LogP contribution in [-0.4, -0.2) is 0 Å². The molecule has 0 nitrogen and oxygen atoms in total. The number of hydrogen-bond acceptors (Lipinski definition) is 0. The van der Waals surface area contributed by atoms with Gasteiger partial charge >= 0.3 is 0 Å². The maximum absolute atomic E-state index is 3.35. The van der Waals surface area contributed by atoms with Crippen LogP contribution in [0.3, 0.4) is 0 Å². The number of rotatable bonds is 2. The van der Waals surface area contributed by atoms with Gasteiger partial charge in [-0.25, -0.2) is 0 Å². The molecule has 0 saturated heterocycles. The third kappa shape index (κ3) is 6.78. The van der Waals surface area contributed by atoms with E-state index in [1.807, 2.05) is 0 Å². The number of hydrogen-bond donors (Lipinski definition) is 0. The van der Waals surface area contributed by atoms with E-state index in [4.69, 9.17) is 0 Å². The Kier molecular flexibility index (Phi) is 8.18. The van der Waals surface area contributed by atoms with E-state index in [9.17, 15) is 0 Å².